The summed E-state index contributed by atoms with van der Waals surface area (Å²) in [5.74, 6) is -1.25. The van der Waals surface area contributed by atoms with Gasteiger partial charge in [0.05, 0.1) is 16.4 Å². The zero-order valence-corrected chi connectivity index (χ0v) is 10.0. The molecule has 0 spiro atoms. The number of aliphatic hydroxyl groups is 1. The average Bonchev–Trinajstić information content (AvgIpc) is 2.18. The Morgan fingerprint density at radius 3 is 2.71 bits per heavy atom. The lowest BCUT2D eigenvalue weighted by molar-refractivity contribution is -0.168. The van der Waals surface area contributed by atoms with E-state index in [1.165, 1.54) is 0 Å². The molecule has 0 radical (unpaired) electrons. The van der Waals surface area contributed by atoms with Crippen molar-refractivity contribution in [1.29, 1.82) is 0 Å². The van der Waals surface area contributed by atoms with Crippen molar-refractivity contribution in [3.05, 3.63) is 0 Å². The van der Waals surface area contributed by atoms with Gasteiger partial charge in [-0.25, -0.2) is 0 Å². The van der Waals surface area contributed by atoms with Gasteiger partial charge >= 0.3 is 5.97 Å². The molecule has 0 aromatic rings. The molecule has 0 saturated heterocycles. The van der Waals surface area contributed by atoms with Crippen LogP contribution < -0.4 is 0 Å². The number of carboxylic acid groups (broad SMARTS) is 1. The highest BCUT2D eigenvalue weighted by Gasteiger charge is 2.32. The van der Waals surface area contributed by atoms with E-state index < -0.39 is 18.2 Å². The molecule has 1 saturated carbocycles. The van der Waals surface area contributed by atoms with Crippen LogP contribution in [0.1, 0.15) is 25.7 Å². The highest BCUT2D eigenvalue weighted by molar-refractivity contribution is 14.1. The van der Waals surface area contributed by atoms with Crippen LogP contribution in [0.25, 0.3) is 0 Å². The molecule has 1 aliphatic rings. The predicted octanol–water partition coefficient (Wildman–Crippen LogP) is 1.40. The number of carbonyl (C=O) groups is 1. The van der Waals surface area contributed by atoms with Crippen molar-refractivity contribution in [3.63, 3.8) is 0 Å². The van der Waals surface area contributed by atoms with Crippen molar-refractivity contribution in [2.75, 3.05) is 4.43 Å². The van der Waals surface area contributed by atoms with E-state index in [0.717, 1.165) is 19.3 Å². The Kier molecular flexibility index (Phi) is 5.11. The van der Waals surface area contributed by atoms with E-state index in [9.17, 15) is 9.90 Å². The van der Waals surface area contributed by atoms with Gasteiger partial charge in [-0.2, -0.15) is 0 Å². The van der Waals surface area contributed by atoms with Gasteiger partial charge in [0.15, 0.2) is 6.29 Å². The molecule has 0 aromatic carbocycles. The van der Waals surface area contributed by atoms with Gasteiger partial charge in [0.25, 0.3) is 0 Å². The van der Waals surface area contributed by atoms with Crippen LogP contribution in [0.5, 0.6) is 0 Å². The Bertz CT molecular complexity index is 197. The van der Waals surface area contributed by atoms with Crippen molar-refractivity contribution in [1.82, 2.24) is 0 Å². The molecule has 3 atom stereocenters. The summed E-state index contributed by atoms with van der Waals surface area (Å²) in [5, 5.41) is 18.2. The number of alkyl halides is 1. The maximum absolute atomic E-state index is 10.9. The molecule has 1 fully saturated rings. The first-order chi connectivity index (χ1) is 6.65. The second-order valence-electron chi connectivity index (χ2n) is 3.51. The van der Waals surface area contributed by atoms with Crippen LogP contribution in [0.3, 0.4) is 0 Å². The fourth-order valence-corrected chi connectivity index (χ4v) is 1.99. The number of halogens is 1. The zero-order valence-electron chi connectivity index (χ0n) is 7.86. The smallest absolute Gasteiger partial charge is 0.309 e. The van der Waals surface area contributed by atoms with Gasteiger partial charge in [-0.15, -0.1) is 0 Å². The molecular formula is C9H15IO4. The minimum atomic E-state index is -0.833. The van der Waals surface area contributed by atoms with Crippen molar-refractivity contribution in [2.45, 2.75) is 38.1 Å². The van der Waals surface area contributed by atoms with Crippen molar-refractivity contribution >= 4 is 28.6 Å². The first-order valence-electron chi connectivity index (χ1n) is 4.77. The fraction of sp³-hybridized carbons (Fsp3) is 0.889. The van der Waals surface area contributed by atoms with Crippen molar-refractivity contribution in [3.8, 4) is 0 Å². The number of hydrogen-bond donors (Lipinski definition) is 2. The summed E-state index contributed by atoms with van der Waals surface area (Å²) in [6.45, 7) is 0. The summed E-state index contributed by atoms with van der Waals surface area (Å²) in [5.41, 5.74) is 0. The molecule has 0 heterocycles. The largest absolute Gasteiger partial charge is 0.481 e. The van der Waals surface area contributed by atoms with Gasteiger partial charge in [0.2, 0.25) is 0 Å². The quantitative estimate of drug-likeness (QED) is 0.468. The molecule has 2 N–H and O–H groups in total. The van der Waals surface area contributed by atoms with E-state index >= 15 is 0 Å². The second-order valence-corrected chi connectivity index (χ2v) is 4.39. The van der Waals surface area contributed by atoms with Crippen LogP contribution >= 0.6 is 22.6 Å². The van der Waals surface area contributed by atoms with E-state index in [-0.39, 0.29) is 6.10 Å². The lowest BCUT2D eigenvalue weighted by atomic mass is 9.86. The van der Waals surface area contributed by atoms with Crippen LogP contribution in [-0.4, -0.2) is 33.0 Å². The average molecular weight is 314 g/mol. The van der Waals surface area contributed by atoms with Gasteiger partial charge in [0.1, 0.15) is 0 Å². The Morgan fingerprint density at radius 2 is 2.14 bits per heavy atom. The molecule has 1 aliphatic carbocycles. The summed E-state index contributed by atoms with van der Waals surface area (Å²) in [6, 6.07) is 0. The molecule has 4 nitrogen and oxygen atoms in total. The van der Waals surface area contributed by atoms with Crippen LogP contribution in [0.4, 0.5) is 0 Å². The standard InChI is InChI=1S/C9H15IO4/c10-5-8(11)14-7-4-2-1-3-6(7)9(12)13/h6-8,11H,1-5H2,(H,12,13). The molecule has 82 valence electrons. The number of rotatable bonds is 4. The fourth-order valence-electron chi connectivity index (χ4n) is 1.78. The van der Waals surface area contributed by atoms with Gasteiger partial charge < -0.3 is 14.9 Å². The van der Waals surface area contributed by atoms with E-state index in [2.05, 4.69) is 0 Å². The van der Waals surface area contributed by atoms with Gasteiger partial charge in [-0.1, -0.05) is 35.4 Å². The molecular weight excluding hydrogens is 299 g/mol. The van der Waals surface area contributed by atoms with E-state index in [1.807, 2.05) is 22.6 Å². The van der Waals surface area contributed by atoms with E-state index in [1.54, 1.807) is 0 Å². The highest BCUT2D eigenvalue weighted by atomic mass is 127. The molecule has 0 aromatic heterocycles. The first kappa shape index (κ1) is 12.2. The third-order valence-electron chi connectivity index (χ3n) is 2.48. The van der Waals surface area contributed by atoms with Crippen LogP contribution in [-0.2, 0) is 9.53 Å². The minimum Gasteiger partial charge on any atom is -0.481 e. The van der Waals surface area contributed by atoms with Crippen LogP contribution in [0, 0.1) is 5.92 Å². The maximum atomic E-state index is 10.9. The third kappa shape index (κ3) is 3.36. The van der Waals surface area contributed by atoms with Crippen molar-refractivity contribution < 1.29 is 19.7 Å². The molecule has 14 heavy (non-hydrogen) atoms. The van der Waals surface area contributed by atoms with Crippen LogP contribution in [0.15, 0.2) is 0 Å². The van der Waals surface area contributed by atoms with Crippen molar-refractivity contribution in [2.24, 2.45) is 5.92 Å². The van der Waals surface area contributed by atoms with Gasteiger partial charge in [-0.05, 0) is 12.8 Å². The molecule has 1 rings (SSSR count). The molecule has 3 unspecified atom stereocenters. The Balaban J connectivity index is 2.49. The number of carboxylic acids is 1. The van der Waals surface area contributed by atoms with E-state index in [4.69, 9.17) is 9.84 Å². The Labute approximate surface area is 96.8 Å². The number of aliphatic carboxylic acids is 1. The predicted molar refractivity (Wildman–Crippen MR) is 59.4 cm³/mol. The summed E-state index contributed by atoms with van der Waals surface area (Å²) in [4.78, 5) is 10.9. The third-order valence-corrected chi connectivity index (χ3v) is 3.24. The Hall–Kier alpha value is 0.120. The first-order valence-corrected chi connectivity index (χ1v) is 6.30. The summed E-state index contributed by atoms with van der Waals surface area (Å²) in [6.07, 6.45) is 2.18. The molecule has 0 bridgehead atoms. The lowest BCUT2D eigenvalue weighted by Gasteiger charge is -2.29. The topological polar surface area (TPSA) is 66.8 Å². The monoisotopic (exact) mass is 314 g/mol. The minimum absolute atomic E-state index is 0.314. The summed E-state index contributed by atoms with van der Waals surface area (Å²) < 4.78 is 5.75. The lowest BCUT2D eigenvalue weighted by Crippen LogP contribution is -2.36. The number of hydrogen-bond acceptors (Lipinski definition) is 3. The van der Waals surface area contributed by atoms with Gasteiger partial charge in [-0.3, -0.25) is 4.79 Å². The highest BCUT2D eigenvalue weighted by Crippen LogP contribution is 2.27. The summed E-state index contributed by atoms with van der Waals surface area (Å²) >= 11 is 2.01. The number of aliphatic hydroxyl groups excluding tert-OH is 1. The Morgan fingerprint density at radius 1 is 1.50 bits per heavy atom. The molecule has 0 amide bonds. The zero-order chi connectivity index (χ0) is 10.6. The molecule has 5 heteroatoms. The second kappa shape index (κ2) is 5.87. The normalized spacial score (nSPS) is 29.9. The summed E-state index contributed by atoms with van der Waals surface area (Å²) in [7, 11) is 0. The van der Waals surface area contributed by atoms with Crippen LogP contribution in [0.2, 0.25) is 0 Å². The van der Waals surface area contributed by atoms with Gasteiger partial charge in [0, 0.05) is 0 Å². The van der Waals surface area contributed by atoms with E-state index in [0.29, 0.717) is 10.8 Å². The number of ether oxygens (including phenoxy) is 1. The SMILES string of the molecule is O=C(O)C1CCCCC1OC(O)CI. The maximum Gasteiger partial charge on any atom is 0.309 e. The molecule has 0 aliphatic heterocycles.